The predicted octanol–water partition coefficient (Wildman–Crippen LogP) is 2.87. The van der Waals surface area contributed by atoms with Gasteiger partial charge < -0.3 is 10.2 Å². The van der Waals surface area contributed by atoms with Crippen LogP contribution in [-0.4, -0.2) is 53.4 Å². The first-order chi connectivity index (χ1) is 12.3. The number of thiophene rings is 1. The van der Waals surface area contributed by atoms with E-state index in [2.05, 4.69) is 15.2 Å². The molecular weight excluding hydrogens is 367 g/mol. The first-order valence-electron chi connectivity index (χ1n) is 8.35. The van der Waals surface area contributed by atoms with E-state index in [0.29, 0.717) is 16.0 Å². The Morgan fingerprint density at radius 3 is 2.58 bits per heavy atom. The van der Waals surface area contributed by atoms with Crippen LogP contribution in [0.4, 0.5) is 13.2 Å². The van der Waals surface area contributed by atoms with Crippen LogP contribution in [0.2, 0.25) is 0 Å². The van der Waals surface area contributed by atoms with Crippen molar-refractivity contribution in [3.8, 4) is 0 Å². The number of nitrogens with zero attached hydrogens (tertiary/aromatic N) is 2. The average Bonchev–Trinajstić information content (AvgIpc) is 3.04. The average molecular weight is 383 g/mol. The fourth-order valence-corrected chi connectivity index (χ4v) is 4.71. The molecule has 5 heterocycles. The maximum absolute atomic E-state index is 12.6. The lowest BCUT2D eigenvalue weighted by molar-refractivity contribution is -0.0882. The summed E-state index contributed by atoms with van der Waals surface area (Å²) in [5.74, 6) is -1.75. The van der Waals surface area contributed by atoms with Gasteiger partial charge in [-0.1, -0.05) is 0 Å². The molecule has 2 aromatic heterocycles. The van der Waals surface area contributed by atoms with Crippen molar-refractivity contribution in [2.45, 2.75) is 25.1 Å². The molecule has 5 rings (SSSR count). The van der Waals surface area contributed by atoms with Crippen LogP contribution >= 0.6 is 11.3 Å². The number of piperidine rings is 3. The number of alkyl halides is 3. The molecule has 0 radical (unpaired) electrons. The number of carbonyl (C=O) groups is 2. The molecule has 1 atom stereocenters. The Morgan fingerprint density at radius 1 is 1.23 bits per heavy atom. The molecule has 2 bridgehead atoms. The summed E-state index contributed by atoms with van der Waals surface area (Å²) >= 11 is 0.724. The number of Topliss-reactive ketones (excluding diaryl/α,β-unsaturated/α-hetero) is 1. The molecular formula is C17H16F3N3O2S. The van der Waals surface area contributed by atoms with Gasteiger partial charge in [0.15, 0.2) is 0 Å². The van der Waals surface area contributed by atoms with Gasteiger partial charge in [-0.05, 0) is 44.0 Å². The standard InChI is InChI=1S/C17H16F3N3O2S/c18-17(19,20)15(24)14-5-10-7-21-11(6-13(10)26-14)16(25)22-12-8-23-3-1-9(12)2-4-23/h5-7,9,12H,1-4,8H2,(H,22,25). The fraction of sp³-hybridized carbons (Fsp3) is 0.471. The monoisotopic (exact) mass is 383 g/mol. The summed E-state index contributed by atoms with van der Waals surface area (Å²) in [6.07, 6.45) is -1.45. The third-order valence-corrected chi connectivity index (χ3v) is 6.18. The lowest BCUT2D eigenvalue weighted by Gasteiger charge is -2.44. The summed E-state index contributed by atoms with van der Waals surface area (Å²) in [6.45, 7) is 2.95. The molecule has 1 amide bonds. The van der Waals surface area contributed by atoms with Crippen LogP contribution in [0.3, 0.4) is 0 Å². The molecule has 138 valence electrons. The Kier molecular flexibility index (Phi) is 4.23. The normalized spacial score (nSPS) is 25.4. The lowest BCUT2D eigenvalue weighted by atomic mass is 9.84. The smallest absolute Gasteiger partial charge is 0.346 e. The van der Waals surface area contributed by atoms with Crippen LogP contribution in [0.15, 0.2) is 18.3 Å². The first-order valence-corrected chi connectivity index (χ1v) is 9.17. The Morgan fingerprint density at radius 2 is 1.96 bits per heavy atom. The summed E-state index contributed by atoms with van der Waals surface area (Å²) in [5, 5.41) is 3.42. The summed E-state index contributed by atoms with van der Waals surface area (Å²) in [6, 6.07) is 2.69. The minimum absolute atomic E-state index is 0.0770. The number of nitrogens with one attached hydrogen (secondary N) is 1. The van der Waals surface area contributed by atoms with E-state index in [9.17, 15) is 22.8 Å². The number of carbonyl (C=O) groups excluding carboxylic acids is 2. The highest BCUT2D eigenvalue weighted by Crippen LogP contribution is 2.31. The summed E-state index contributed by atoms with van der Waals surface area (Å²) in [7, 11) is 0. The molecule has 26 heavy (non-hydrogen) atoms. The first kappa shape index (κ1) is 17.4. The molecule has 3 aliphatic rings. The zero-order valence-corrected chi connectivity index (χ0v) is 14.5. The quantitative estimate of drug-likeness (QED) is 0.828. The number of hydrogen-bond donors (Lipinski definition) is 1. The molecule has 2 aromatic rings. The highest BCUT2D eigenvalue weighted by molar-refractivity contribution is 7.20. The number of hydrogen-bond acceptors (Lipinski definition) is 5. The van der Waals surface area contributed by atoms with Gasteiger partial charge in [0.2, 0.25) is 0 Å². The second kappa shape index (κ2) is 6.31. The third kappa shape index (κ3) is 3.21. The topological polar surface area (TPSA) is 62.3 Å². The van der Waals surface area contributed by atoms with Crippen LogP contribution in [0, 0.1) is 5.92 Å². The molecule has 3 aliphatic heterocycles. The Labute approximate surface area is 151 Å². The molecule has 0 spiro atoms. The summed E-state index contributed by atoms with van der Waals surface area (Å²) in [5.41, 5.74) is 0.154. The van der Waals surface area contributed by atoms with Gasteiger partial charge in [0.1, 0.15) is 5.69 Å². The zero-order valence-electron chi connectivity index (χ0n) is 13.7. The second-order valence-corrected chi connectivity index (χ2v) is 7.85. The zero-order chi connectivity index (χ0) is 18.5. The molecule has 0 saturated carbocycles. The predicted molar refractivity (Wildman–Crippen MR) is 90.4 cm³/mol. The third-order valence-electron chi connectivity index (χ3n) is 5.09. The van der Waals surface area contributed by atoms with Crippen LogP contribution in [-0.2, 0) is 0 Å². The molecule has 3 saturated heterocycles. The van der Waals surface area contributed by atoms with Gasteiger partial charge in [0.25, 0.3) is 11.7 Å². The van der Waals surface area contributed by atoms with Crippen molar-refractivity contribution in [2.24, 2.45) is 5.92 Å². The van der Waals surface area contributed by atoms with Crippen LogP contribution < -0.4 is 5.32 Å². The Balaban J connectivity index is 1.53. The number of amides is 1. The van der Waals surface area contributed by atoms with Crippen LogP contribution in [0.25, 0.3) is 10.1 Å². The van der Waals surface area contributed by atoms with Gasteiger partial charge >= 0.3 is 6.18 Å². The minimum atomic E-state index is -4.91. The van der Waals surface area contributed by atoms with E-state index in [4.69, 9.17) is 0 Å². The molecule has 0 aliphatic carbocycles. The molecule has 5 nitrogen and oxygen atoms in total. The van der Waals surface area contributed by atoms with E-state index < -0.39 is 16.8 Å². The summed E-state index contributed by atoms with van der Waals surface area (Å²) in [4.78, 5) is 29.8. The lowest BCUT2D eigenvalue weighted by Crippen LogP contribution is -2.57. The maximum Gasteiger partial charge on any atom is 0.455 e. The number of rotatable bonds is 3. The Hall–Kier alpha value is -2.00. The van der Waals surface area contributed by atoms with Crippen LogP contribution in [0.5, 0.6) is 0 Å². The second-order valence-electron chi connectivity index (χ2n) is 6.76. The highest BCUT2D eigenvalue weighted by Gasteiger charge is 2.40. The molecule has 1 N–H and O–H groups in total. The SMILES string of the molecule is O=C(NC1CN2CCC1CC2)c1cc2sc(C(=O)C(F)(F)F)cc2cn1. The van der Waals surface area contributed by atoms with Crippen molar-refractivity contribution < 1.29 is 22.8 Å². The van der Waals surface area contributed by atoms with Gasteiger partial charge in [-0.15, -0.1) is 11.3 Å². The number of pyridine rings is 1. The molecule has 9 heteroatoms. The van der Waals surface area contributed by atoms with Crippen molar-refractivity contribution in [2.75, 3.05) is 19.6 Å². The van der Waals surface area contributed by atoms with Crippen molar-refractivity contribution in [3.05, 3.63) is 28.9 Å². The van der Waals surface area contributed by atoms with Gasteiger partial charge in [0, 0.05) is 28.9 Å². The van der Waals surface area contributed by atoms with Gasteiger partial charge in [-0.25, -0.2) is 0 Å². The summed E-state index contributed by atoms with van der Waals surface area (Å²) < 4.78 is 38.2. The number of fused-ring (bicyclic) bond motifs is 4. The van der Waals surface area contributed by atoms with E-state index in [0.717, 1.165) is 49.9 Å². The van der Waals surface area contributed by atoms with Crippen molar-refractivity contribution in [3.63, 3.8) is 0 Å². The highest BCUT2D eigenvalue weighted by atomic mass is 32.1. The van der Waals surface area contributed by atoms with E-state index in [1.807, 2.05) is 0 Å². The van der Waals surface area contributed by atoms with Gasteiger partial charge in [0.05, 0.1) is 4.88 Å². The van der Waals surface area contributed by atoms with E-state index in [1.165, 1.54) is 12.3 Å². The maximum atomic E-state index is 12.6. The van der Waals surface area contributed by atoms with Crippen LogP contribution in [0.1, 0.15) is 33.0 Å². The molecule has 3 fully saturated rings. The largest absolute Gasteiger partial charge is 0.455 e. The van der Waals surface area contributed by atoms with Gasteiger partial charge in [-0.2, -0.15) is 13.2 Å². The van der Waals surface area contributed by atoms with Crippen molar-refractivity contribution >= 4 is 33.1 Å². The molecule has 1 unspecified atom stereocenters. The fourth-order valence-electron chi connectivity index (χ4n) is 3.68. The Bertz CT molecular complexity index is 872. The van der Waals surface area contributed by atoms with Gasteiger partial charge in [-0.3, -0.25) is 14.6 Å². The number of halogens is 3. The van der Waals surface area contributed by atoms with Crippen molar-refractivity contribution in [1.82, 2.24) is 15.2 Å². The molecule has 0 aromatic carbocycles. The number of ketones is 1. The minimum Gasteiger partial charge on any atom is -0.346 e. The number of aromatic nitrogens is 1. The van der Waals surface area contributed by atoms with E-state index >= 15 is 0 Å². The van der Waals surface area contributed by atoms with Crippen molar-refractivity contribution in [1.29, 1.82) is 0 Å². The van der Waals surface area contributed by atoms with E-state index in [1.54, 1.807) is 0 Å². The van der Waals surface area contributed by atoms with E-state index in [-0.39, 0.29) is 17.6 Å².